The minimum atomic E-state index is -0.115. The van der Waals surface area contributed by atoms with E-state index in [4.69, 9.17) is 18.0 Å². The predicted molar refractivity (Wildman–Crippen MR) is 108 cm³/mol. The second kappa shape index (κ2) is 6.16. The molecule has 4 fully saturated rings. The topological polar surface area (TPSA) is 83.8 Å². The lowest BCUT2D eigenvalue weighted by molar-refractivity contribution is -0.0167. The Labute approximate surface area is 163 Å². The van der Waals surface area contributed by atoms with E-state index in [-0.39, 0.29) is 16.2 Å². The van der Waals surface area contributed by atoms with Gasteiger partial charge in [-0.05, 0) is 74.1 Å². The van der Waals surface area contributed by atoms with Crippen LogP contribution in [0.25, 0.3) is 11.1 Å². The average molecular weight is 381 g/mol. The van der Waals surface area contributed by atoms with Crippen molar-refractivity contribution in [2.24, 2.45) is 17.8 Å². The smallest absolute Gasteiger partial charge is 0.268 e. The van der Waals surface area contributed by atoms with Gasteiger partial charge in [-0.3, -0.25) is 4.79 Å². The number of hydrogen-bond donors (Lipinski definition) is 3. The van der Waals surface area contributed by atoms with Crippen LogP contribution >= 0.6 is 12.2 Å². The summed E-state index contributed by atoms with van der Waals surface area (Å²) in [5, 5.41) is 3.41. The van der Waals surface area contributed by atoms with E-state index < -0.39 is 0 Å². The molecule has 1 aromatic heterocycles. The van der Waals surface area contributed by atoms with Crippen LogP contribution in [0.1, 0.15) is 49.0 Å². The van der Waals surface area contributed by atoms with Crippen LogP contribution in [0.5, 0.6) is 0 Å². The van der Waals surface area contributed by atoms with Crippen molar-refractivity contribution < 1.29 is 4.79 Å². The monoisotopic (exact) mass is 380 g/mol. The number of aromatic amines is 1. The highest BCUT2D eigenvalue weighted by Gasteiger charge is 2.51. The number of H-pyrrole nitrogens is 1. The fraction of sp³-hybridized carbons (Fsp3) is 0.476. The molecular weight excluding hydrogens is 356 g/mol. The zero-order valence-corrected chi connectivity index (χ0v) is 16.0. The molecule has 6 rings (SSSR count). The summed E-state index contributed by atoms with van der Waals surface area (Å²) >= 11 is 5.21. The molecule has 1 aromatic carbocycles. The fourth-order valence-electron chi connectivity index (χ4n) is 6.13. The third-order valence-corrected chi connectivity index (χ3v) is 6.86. The molecule has 0 aliphatic heterocycles. The first-order valence-electron chi connectivity index (χ1n) is 9.79. The van der Waals surface area contributed by atoms with Crippen molar-refractivity contribution in [3.8, 4) is 11.1 Å². The number of aromatic nitrogens is 2. The zero-order chi connectivity index (χ0) is 18.6. The first kappa shape index (κ1) is 16.9. The Balaban J connectivity index is 1.51. The first-order chi connectivity index (χ1) is 13.0. The molecule has 0 saturated heterocycles. The molecule has 6 heteroatoms. The van der Waals surface area contributed by atoms with Crippen LogP contribution in [0.2, 0.25) is 0 Å². The molecule has 4 bridgehead atoms. The summed E-state index contributed by atoms with van der Waals surface area (Å²) in [5.74, 6) is 2.49. The van der Waals surface area contributed by atoms with Gasteiger partial charge >= 0.3 is 0 Å². The Kier molecular flexibility index (Phi) is 3.86. The van der Waals surface area contributed by atoms with Gasteiger partial charge in [0.1, 0.15) is 11.5 Å². The van der Waals surface area contributed by atoms with E-state index in [1.165, 1.54) is 19.3 Å². The first-order valence-corrected chi connectivity index (χ1v) is 10.2. The minimum absolute atomic E-state index is 0.0622. The highest BCUT2D eigenvalue weighted by atomic mass is 32.1. The normalized spacial score (nSPS) is 31.0. The van der Waals surface area contributed by atoms with Crippen LogP contribution in [0, 0.1) is 22.5 Å². The van der Waals surface area contributed by atoms with Gasteiger partial charge in [0.15, 0.2) is 4.77 Å². The van der Waals surface area contributed by atoms with Gasteiger partial charge in [-0.2, -0.15) is 0 Å². The minimum Gasteiger partial charge on any atom is -0.383 e. The lowest BCUT2D eigenvalue weighted by Gasteiger charge is -2.56. The molecule has 0 radical (unpaired) electrons. The molecule has 5 nitrogen and oxygen atoms in total. The van der Waals surface area contributed by atoms with Gasteiger partial charge in [0.25, 0.3) is 5.91 Å². The van der Waals surface area contributed by atoms with Crippen molar-refractivity contribution in [1.29, 1.82) is 0 Å². The standard InChI is InChI=1S/C21H24N4OS/c22-18-16(15-4-2-1-3-5-15)17(23-20(27)24-18)19(26)25-21-9-12-6-13(10-21)8-14(7-12)11-21/h1-5,12-14H,6-11H2,(H,25,26)(H3,22,23,24,27). The number of carbonyl (C=O) groups excluding carboxylic acids is 1. The average Bonchev–Trinajstić information content (AvgIpc) is 2.60. The second-order valence-corrected chi connectivity index (χ2v) is 9.08. The molecule has 4 N–H and O–H groups in total. The molecular formula is C21H24N4OS. The van der Waals surface area contributed by atoms with Crippen molar-refractivity contribution in [3.63, 3.8) is 0 Å². The van der Waals surface area contributed by atoms with E-state index in [9.17, 15) is 4.79 Å². The third kappa shape index (κ3) is 2.96. The van der Waals surface area contributed by atoms with Gasteiger partial charge in [-0.15, -0.1) is 0 Å². The van der Waals surface area contributed by atoms with Crippen LogP contribution in [-0.2, 0) is 0 Å². The summed E-state index contributed by atoms with van der Waals surface area (Å²) in [6.45, 7) is 0. The number of anilines is 1. The van der Waals surface area contributed by atoms with Crippen LogP contribution < -0.4 is 11.1 Å². The van der Waals surface area contributed by atoms with E-state index in [2.05, 4.69) is 15.3 Å². The summed E-state index contributed by atoms with van der Waals surface area (Å²) in [6.07, 6.45) is 7.34. The number of benzene rings is 1. The SMILES string of the molecule is Nc1nc(=S)[nH]c(C(=O)NC23CC4CC(CC(C4)C2)C3)c1-c1ccccc1. The lowest BCUT2D eigenvalue weighted by atomic mass is 9.53. The van der Waals surface area contributed by atoms with Gasteiger partial charge < -0.3 is 16.0 Å². The lowest BCUT2D eigenvalue weighted by Crippen LogP contribution is -2.60. The van der Waals surface area contributed by atoms with Crippen LogP contribution in [-0.4, -0.2) is 21.4 Å². The molecule has 0 spiro atoms. The Morgan fingerprint density at radius 3 is 2.30 bits per heavy atom. The van der Waals surface area contributed by atoms with E-state index in [0.29, 0.717) is 17.1 Å². The predicted octanol–water partition coefficient (Wildman–Crippen LogP) is 4.09. The van der Waals surface area contributed by atoms with Crippen molar-refractivity contribution >= 4 is 23.9 Å². The van der Waals surface area contributed by atoms with Gasteiger partial charge in [-0.25, -0.2) is 4.98 Å². The molecule has 1 amide bonds. The van der Waals surface area contributed by atoms with E-state index in [1.807, 2.05) is 30.3 Å². The van der Waals surface area contributed by atoms with Crippen molar-refractivity contribution in [1.82, 2.24) is 15.3 Å². The van der Waals surface area contributed by atoms with Gasteiger partial charge in [0.05, 0.1) is 5.56 Å². The Bertz CT molecular complexity index is 917. The summed E-state index contributed by atoms with van der Waals surface area (Å²) in [6, 6.07) is 9.67. The third-order valence-electron chi connectivity index (χ3n) is 6.67. The van der Waals surface area contributed by atoms with Gasteiger partial charge in [0, 0.05) is 5.54 Å². The van der Waals surface area contributed by atoms with Crippen LogP contribution in [0.15, 0.2) is 30.3 Å². The number of amides is 1. The zero-order valence-electron chi connectivity index (χ0n) is 15.2. The summed E-state index contributed by atoms with van der Waals surface area (Å²) < 4.78 is 0.239. The van der Waals surface area contributed by atoms with Crippen molar-refractivity contribution in [3.05, 3.63) is 40.8 Å². The molecule has 140 valence electrons. The highest BCUT2D eigenvalue weighted by Crippen LogP contribution is 2.55. The maximum absolute atomic E-state index is 13.4. The molecule has 27 heavy (non-hydrogen) atoms. The number of nitrogens with one attached hydrogen (secondary N) is 2. The molecule has 4 aliphatic rings. The Morgan fingerprint density at radius 1 is 1.11 bits per heavy atom. The van der Waals surface area contributed by atoms with Crippen molar-refractivity contribution in [2.45, 2.75) is 44.1 Å². The number of hydrogen-bond acceptors (Lipinski definition) is 4. The largest absolute Gasteiger partial charge is 0.383 e. The van der Waals surface area contributed by atoms with E-state index in [0.717, 1.165) is 42.6 Å². The van der Waals surface area contributed by atoms with E-state index in [1.54, 1.807) is 0 Å². The van der Waals surface area contributed by atoms with Gasteiger partial charge in [-0.1, -0.05) is 30.3 Å². The van der Waals surface area contributed by atoms with Gasteiger partial charge in [0.2, 0.25) is 0 Å². The molecule has 0 unspecified atom stereocenters. The summed E-state index contributed by atoms with van der Waals surface area (Å²) in [7, 11) is 0. The Hall–Kier alpha value is -2.21. The number of rotatable bonds is 3. The van der Waals surface area contributed by atoms with Crippen molar-refractivity contribution in [2.75, 3.05) is 5.73 Å². The molecule has 0 atom stereocenters. The molecule has 1 heterocycles. The highest BCUT2D eigenvalue weighted by molar-refractivity contribution is 7.71. The van der Waals surface area contributed by atoms with Crippen LogP contribution in [0.3, 0.4) is 0 Å². The number of carbonyl (C=O) groups is 1. The second-order valence-electron chi connectivity index (χ2n) is 8.70. The summed E-state index contributed by atoms with van der Waals surface area (Å²) in [4.78, 5) is 20.5. The quantitative estimate of drug-likeness (QED) is 0.701. The molecule has 4 aliphatic carbocycles. The van der Waals surface area contributed by atoms with E-state index >= 15 is 0 Å². The maximum atomic E-state index is 13.4. The molecule has 2 aromatic rings. The molecule has 4 saturated carbocycles. The number of nitrogens with zero attached hydrogens (tertiary/aromatic N) is 1. The number of nitrogens with two attached hydrogens (primary N) is 1. The summed E-state index contributed by atoms with van der Waals surface area (Å²) in [5.41, 5.74) is 8.03. The maximum Gasteiger partial charge on any atom is 0.268 e. The Morgan fingerprint density at radius 2 is 1.70 bits per heavy atom. The fourth-order valence-corrected chi connectivity index (χ4v) is 6.33. The van der Waals surface area contributed by atoms with Crippen LogP contribution in [0.4, 0.5) is 5.82 Å². The number of nitrogen functional groups attached to an aromatic ring is 1.